The van der Waals surface area contributed by atoms with Crippen LogP contribution in [0.25, 0.3) is 0 Å². The van der Waals surface area contributed by atoms with Crippen LogP contribution >= 0.6 is 0 Å². The summed E-state index contributed by atoms with van der Waals surface area (Å²) in [6.45, 7) is 3.01. The van der Waals surface area contributed by atoms with Crippen molar-refractivity contribution >= 4 is 11.9 Å². The molecule has 1 N–H and O–H groups in total. The minimum Gasteiger partial charge on any atom is -0.481 e. The fourth-order valence-electron chi connectivity index (χ4n) is 3.21. The van der Waals surface area contributed by atoms with Gasteiger partial charge in [-0.2, -0.15) is 0 Å². The van der Waals surface area contributed by atoms with Crippen LogP contribution in [0, 0.1) is 11.3 Å². The molecule has 1 amide bonds. The first-order valence-corrected chi connectivity index (χ1v) is 6.56. The van der Waals surface area contributed by atoms with E-state index in [4.69, 9.17) is 5.11 Å². The van der Waals surface area contributed by atoms with Gasteiger partial charge in [0.15, 0.2) is 0 Å². The monoisotopic (exact) mass is 239 g/mol. The summed E-state index contributed by atoms with van der Waals surface area (Å²) in [5.74, 6) is -2.12. The third kappa shape index (κ3) is 2.45. The molecule has 1 aliphatic carbocycles. The molecule has 1 atom stereocenters. The molecule has 1 saturated heterocycles. The molecule has 1 heterocycles. The summed E-state index contributed by atoms with van der Waals surface area (Å²) >= 11 is 0. The molecular formula is C13H21NO3. The molecule has 4 nitrogen and oxygen atoms in total. The van der Waals surface area contributed by atoms with E-state index in [-0.39, 0.29) is 5.91 Å². The van der Waals surface area contributed by atoms with Crippen LogP contribution < -0.4 is 0 Å². The van der Waals surface area contributed by atoms with E-state index in [1.54, 1.807) is 4.90 Å². The van der Waals surface area contributed by atoms with Crippen LogP contribution in [-0.4, -0.2) is 35.0 Å². The number of hydrogen-bond donors (Lipinski definition) is 1. The van der Waals surface area contributed by atoms with E-state index in [0.717, 1.165) is 19.5 Å². The van der Waals surface area contributed by atoms with E-state index in [0.29, 0.717) is 5.41 Å². The third-order valence-electron chi connectivity index (χ3n) is 4.41. The van der Waals surface area contributed by atoms with Crippen molar-refractivity contribution in [3.8, 4) is 0 Å². The number of hydrogen-bond acceptors (Lipinski definition) is 2. The molecule has 96 valence electrons. The average molecular weight is 239 g/mol. The standard InChI is InChI=1S/C13H21NO3/c1-10(12(16)17)11(15)14-8-7-13(9-14)5-3-2-4-6-13/h10H,2-9H2,1H3,(H,16,17). The van der Waals surface area contributed by atoms with Gasteiger partial charge in [-0.3, -0.25) is 9.59 Å². The van der Waals surface area contributed by atoms with Crippen molar-refractivity contribution in [1.29, 1.82) is 0 Å². The number of carbonyl (C=O) groups is 2. The van der Waals surface area contributed by atoms with Crippen molar-refractivity contribution in [3.63, 3.8) is 0 Å². The second-order valence-electron chi connectivity index (χ2n) is 5.63. The molecule has 1 spiro atoms. The van der Waals surface area contributed by atoms with Gasteiger partial charge in [-0.15, -0.1) is 0 Å². The maximum Gasteiger partial charge on any atom is 0.315 e. The summed E-state index contributed by atoms with van der Waals surface area (Å²) in [6, 6.07) is 0. The lowest BCUT2D eigenvalue weighted by atomic mass is 9.73. The predicted octanol–water partition coefficient (Wildman–Crippen LogP) is 1.89. The maximum atomic E-state index is 12.0. The van der Waals surface area contributed by atoms with Gasteiger partial charge in [0.25, 0.3) is 0 Å². The second kappa shape index (κ2) is 4.67. The Balaban J connectivity index is 1.97. The summed E-state index contributed by atoms with van der Waals surface area (Å²) in [5, 5.41) is 8.87. The largest absolute Gasteiger partial charge is 0.481 e. The zero-order valence-corrected chi connectivity index (χ0v) is 10.4. The number of carboxylic acid groups (broad SMARTS) is 1. The summed E-state index contributed by atoms with van der Waals surface area (Å²) in [4.78, 5) is 24.5. The third-order valence-corrected chi connectivity index (χ3v) is 4.41. The number of likely N-dealkylation sites (tertiary alicyclic amines) is 1. The van der Waals surface area contributed by atoms with Crippen LogP contribution in [0.2, 0.25) is 0 Å². The van der Waals surface area contributed by atoms with Crippen LogP contribution in [-0.2, 0) is 9.59 Å². The molecule has 1 unspecified atom stereocenters. The topological polar surface area (TPSA) is 57.6 Å². The van der Waals surface area contributed by atoms with E-state index < -0.39 is 11.9 Å². The van der Waals surface area contributed by atoms with Gasteiger partial charge >= 0.3 is 5.97 Å². The molecule has 0 radical (unpaired) electrons. The van der Waals surface area contributed by atoms with Gasteiger partial charge in [-0.1, -0.05) is 19.3 Å². The highest BCUT2D eigenvalue weighted by atomic mass is 16.4. The van der Waals surface area contributed by atoms with Gasteiger partial charge in [0.1, 0.15) is 5.92 Å². The van der Waals surface area contributed by atoms with Crippen LogP contribution in [0.5, 0.6) is 0 Å². The second-order valence-corrected chi connectivity index (χ2v) is 5.63. The van der Waals surface area contributed by atoms with E-state index in [9.17, 15) is 9.59 Å². The number of carbonyl (C=O) groups excluding carboxylic acids is 1. The Bertz CT molecular complexity index is 321. The Morgan fingerprint density at radius 2 is 1.82 bits per heavy atom. The SMILES string of the molecule is CC(C(=O)O)C(=O)N1CCC2(CCCCC2)C1. The maximum absolute atomic E-state index is 12.0. The van der Waals surface area contributed by atoms with Crippen LogP contribution in [0.3, 0.4) is 0 Å². The Labute approximate surface area is 102 Å². The Kier molecular flexibility index (Phi) is 3.40. The summed E-state index contributed by atoms with van der Waals surface area (Å²) < 4.78 is 0. The smallest absolute Gasteiger partial charge is 0.315 e. The van der Waals surface area contributed by atoms with Gasteiger partial charge in [0.2, 0.25) is 5.91 Å². The van der Waals surface area contributed by atoms with Gasteiger partial charge in [-0.25, -0.2) is 0 Å². The van der Waals surface area contributed by atoms with Crippen LogP contribution in [0.15, 0.2) is 0 Å². The molecule has 4 heteroatoms. The lowest BCUT2D eigenvalue weighted by Crippen LogP contribution is -2.38. The van der Waals surface area contributed by atoms with Crippen molar-refractivity contribution in [2.45, 2.75) is 45.4 Å². The van der Waals surface area contributed by atoms with E-state index in [1.165, 1.54) is 39.0 Å². The molecular weight excluding hydrogens is 218 g/mol. The number of amides is 1. The van der Waals surface area contributed by atoms with Crippen LogP contribution in [0.1, 0.15) is 45.4 Å². The number of nitrogens with zero attached hydrogens (tertiary/aromatic N) is 1. The quantitative estimate of drug-likeness (QED) is 0.749. The van der Waals surface area contributed by atoms with E-state index in [2.05, 4.69) is 0 Å². The lowest BCUT2D eigenvalue weighted by molar-refractivity contribution is -0.150. The predicted molar refractivity (Wildman–Crippen MR) is 63.5 cm³/mol. The molecule has 0 aromatic carbocycles. The highest BCUT2D eigenvalue weighted by molar-refractivity contribution is 5.96. The first-order valence-electron chi connectivity index (χ1n) is 6.56. The zero-order valence-electron chi connectivity index (χ0n) is 10.4. The van der Waals surface area contributed by atoms with E-state index in [1.807, 2.05) is 0 Å². The minimum absolute atomic E-state index is 0.208. The highest BCUT2D eigenvalue weighted by Crippen LogP contribution is 2.43. The fourth-order valence-corrected chi connectivity index (χ4v) is 3.21. The van der Waals surface area contributed by atoms with Gasteiger partial charge < -0.3 is 10.0 Å². The van der Waals surface area contributed by atoms with Gasteiger partial charge in [0, 0.05) is 13.1 Å². The van der Waals surface area contributed by atoms with Gasteiger partial charge in [-0.05, 0) is 31.6 Å². The highest BCUT2D eigenvalue weighted by Gasteiger charge is 2.41. The summed E-state index contributed by atoms with van der Waals surface area (Å²) in [7, 11) is 0. The fraction of sp³-hybridized carbons (Fsp3) is 0.846. The minimum atomic E-state index is -1.01. The van der Waals surface area contributed by atoms with Crippen molar-refractivity contribution < 1.29 is 14.7 Å². The zero-order chi connectivity index (χ0) is 12.5. The molecule has 2 rings (SSSR count). The van der Waals surface area contributed by atoms with Crippen LogP contribution in [0.4, 0.5) is 0 Å². The molecule has 1 aliphatic heterocycles. The van der Waals surface area contributed by atoms with E-state index >= 15 is 0 Å². The van der Waals surface area contributed by atoms with Gasteiger partial charge in [0.05, 0.1) is 0 Å². The Morgan fingerprint density at radius 3 is 2.41 bits per heavy atom. The molecule has 0 bridgehead atoms. The Hall–Kier alpha value is -1.06. The lowest BCUT2D eigenvalue weighted by Gasteiger charge is -2.33. The molecule has 2 fully saturated rings. The molecule has 0 aromatic rings. The Morgan fingerprint density at radius 1 is 1.18 bits per heavy atom. The van der Waals surface area contributed by atoms with Crippen molar-refractivity contribution in [3.05, 3.63) is 0 Å². The number of rotatable bonds is 2. The van der Waals surface area contributed by atoms with Crippen molar-refractivity contribution in [1.82, 2.24) is 4.90 Å². The number of aliphatic carboxylic acids is 1. The molecule has 17 heavy (non-hydrogen) atoms. The molecule has 2 aliphatic rings. The molecule has 1 saturated carbocycles. The summed E-state index contributed by atoms with van der Waals surface area (Å²) in [5.41, 5.74) is 0.312. The summed E-state index contributed by atoms with van der Waals surface area (Å²) in [6.07, 6.45) is 7.30. The first-order chi connectivity index (χ1) is 8.04. The molecule has 0 aromatic heterocycles. The van der Waals surface area contributed by atoms with Crippen molar-refractivity contribution in [2.75, 3.05) is 13.1 Å². The average Bonchev–Trinajstić information content (AvgIpc) is 2.72. The van der Waals surface area contributed by atoms with Crippen molar-refractivity contribution in [2.24, 2.45) is 11.3 Å². The normalized spacial score (nSPS) is 24.9. The number of carboxylic acids is 1. The first kappa shape index (κ1) is 12.4.